The van der Waals surface area contributed by atoms with E-state index in [0.29, 0.717) is 31.7 Å². The van der Waals surface area contributed by atoms with Crippen LogP contribution in [0.1, 0.15) is 108 Å². The smallest absolute Gasteiger partial charge is 0.243 e. The van der Waals surface area contributed by atoms with Crippen molar-refractivity contribution in [1.82, 2.24) is 40.9 Å². The van der Waals surface area contributed by atoms with Gasteiger partial charge in [0.25, 0.3) is 0 Å². The quantitative estimate of drug-likeness (QED) is 0.0736. The van der Waals surface area contributed by atoms with Crippen LogP contribution in [0.4, 0.5) is 0 Å². The van der Waals surface area contributed by atoms with Crippen molar-refractivity contribution in [2.24, 2.45) is 23.7 Å². The van der Waals surface area contributed by atoms with Crippen molar-refractivity contribution >= 4 is 48.4 Å². The number of carbonyl (C=O) groups is 8. The molecule has 0 aromatic rings. The molecule has 0 aromatic heterocycles. The molecule has 0 heterocycles. The summed E-state index contributed by atoms with van der Waals surface area (Å²) in [5.74, 6) is -2.83. The Morgan fingerprint density at radius 2 is 1.20 bits per heavy atom. The van der Waals surface area contributed by atoms with Gasteiger partial charge in [-0.3, -0.25) is 54.3 Å². The minimum atomic E-state index is -1.81. The van der Waals surface area contributed by atoms with E-state index in [9.17, 15) is 38.4 Å². The van der Waals surface area contributed by atoms with Crippen LogP contribution in [0.25, 0.3) is 0 Å². The molecular weight excluding hydrogens is 720 g/mol. The number of nitrogens with one attached hydrogen (secondary N) is 4. The zero-order valence-electron chi connectivity index (χ0n) is 37.1. The lowest BCUT2D eigenvalue weighted by atomic mass is 9.90. The summed E-state index contributed by atoms with van der Waals surface area (Å²) < 4.78 is 0. The monoisotopic (exact) mass is 795 g/mol. The second-order valence-electron chi connectivity index (χ2n) is 17.0. The molecule has 0 rings (SSSR count). The van der Waals surface area contributed by atoms with Gasteiger partial charge >= 0.3 is 0 Å². The molecule has 0 saturated heterocycles. The van der Waals surface area contributed by atoms with Crippen LogP contribution in [0.3, 0.4) is 0 Å². The second-order valence-corrected chi connectivity index (χ2v) is 17.0. The van der Waals surface area contributed by atoms with Crippen molar-refractivity contribution < 1.29 is 38.4 Å². The zero-order chi connectivity index (χ0) is 43.9. The van der Waals surface area contributed by atoms with Crippen molar-refractivity contribution in [2.45, 2.75) is 143 Å². The molecule has 5 amide bonds. The van der Waals surface area contributed by atoms with Crippen molar-refractivity contribution in [2.75, 3.05) is 41.8 Å². The third kappa shape index (κ3) is 14.3. The summed E-state index contributed by atoms with van der Waals surface area (Å²) in [7, 11) is 7.40. The molecule has 0 fully saturated rings. The highest BCUT2D eigenvalue weighted by molar-refractivity contribution is 5.91. The van der Waals surface area contributed by atoms with Gasteiger partial charge in [0.2, 0.25) is 29.5 Å². The van der Waals surface area contributed by atoms with Crippen LogP contribution in [0.5, 0.6) is 0 Å². The van der Waals surface area contributed by atoms with Gasteiger partial charge in [-0.25, -0.2) is 0 Å². The van der Waals surface area contributed by atoms with Gasteiger partial charge in [-0.1, -0.05) is 62.3 Å². The maximum atomic E-state index is 14.7. The van der Waals surface area contributed by atoms with Gasteiger partial charge in [0.15, 0.2) is 30.2 Å². The van der Waals surface area contributed by atoms with Crippen LogP contribution in [0.2, 0.25) is 0 Å². The molecule has 322 valence electrons. The van der Waals surface area contributed by atoms with Crippen LogP contribution < -0.4 is 21.3 Å². The molecular formula is C40H74N8O8. The molecule has 6 atom stereocenters. The Labute approximate surface area is 336 Å². The molecule has 4 N–H and O–H groups in total. The van der Waals surface area contributed by atoms with Crippen molar-refractivity contribution in [3.05, 3.63) is 0 Å². The van der Waals surface area contributed by atoms with Crippen LogP contribution in [-0.2, 0) is 38.4 Å². The maximum absolute atomic E-state index is 14.7. The summed E-state index contributed by atoms with van der Waals surface area (Å²) >= 11 is 0. The fourth-order valence-corrected chi connectivity index (χ4v) is 6.91. The summed E-state index contributed by atoms with van der Waals surface area (Å²) in [6.07, 6.45) is 3.10. The fourth-order valence-electron chi connectivity index (χ4n) is 6.91. The number of amides is 5. The van der Waals surface area contributed by atoms with Gasteiger partial charge < -0.3 is 24.9 Å². The Balaban J connectivity index is 6.96. The second kappa shape index (κ2) is 22.8. The SMILES string of the molecule is CCCC(=O)N(C)CC(=O)N(C)C(C=O)(CC(C)C)NC(C(=O)N(C)C(C=O)(CC(C)C)NC(C)(C=O)NC(C)C(=O)N(C)C(CC(C)C)C(=O)NC)C(C)C. The highest BCUT2D eigenvalue weighted by atomic mass is 16.2. The van der Waals surface area contributed by atoms with Crippen LogP contribution >= 0.6 is 0 Å². The predicted molar refractivity (Wildman–Crippen MR) is 217 cm³/mol. The average molecular weight is 795 g/mol. The predicted octanol–water partition coefficient (Wildman–Crippen LogP) is 1.76. The molecule has 16 heteroatoms. The number of rotatable bonds is 26. The fraction of sp³-hybridized carbons (Fsp3) is 0.800. The van der Waals surface area contributed by atoms with Gasteiger partial charge in [-0.15, -0.1) is 0 Å². The van der Waals surface area contributed by atoms with E-state index in [4.69, 9.17) is 0 Å². The summed E-state index contributed by atoms with van der Waals surface area (Å²) in [5.41, 5.74) is -5.24. The van der Waals surface area contributed by atoms with E-state index >= 15 is 0 Å². The number of nitrogens with zero attached hydrogens (tertiary/aromatic N) is 4. The van der Waals surface area contributed by atoms with Crippen LogP contribution in [0, 0.1) is 23.7 Å². The number of likely N-dealkylation sites (N-methyl/N-ethyl adjacent to an activating group) is 5. The molecule has 0 saturated carbocycles. The lowest BCUT2D eigenvalue weighted by Gasteiger charge is -2.48. The van der Waals surface area contributed by atoms with E-state index in [2.05, 4.69) is 21.3 Å². The molecule has 0 aliphatic rings. The Kier molecular flexibility index (Phi) is 21.3. The summed E-state index contributed by atoms with van der Waals surface area (Å²) in [6.45, 7) is 19.4. The standard InChI is InChI=1S/C40H74N8O8/c1-17-18-32(52)45(13)22-33(53)47(15)39(24-50,20-27(4)5)43-34(29(8)9)37(56)48(16)40(25-51,21-28(6)7)44-38(11,23-49)42-30(10)36(55)46(14)31(19-26(2)3)35(54)41-12/h23-31,34,42-44H,17-22H2,1-16H3,(H,41,54). The molecule has 0 aliphatic carbocycles. The molecule has 0 aliphatic heterocycles. The van der Waals surface area contributed by atoms with Gasteiger partial charge in [0.05, 0.1) is 18.6 Å². The van der Waals surface area contributed by atoms with E-state index in [1.807, 2.05) is 48.5 Å². The number of hydrogen-bond acceptors (Lipinski definition) is 11. The lowest BCUT2D eigenvalue weighted by Crippen LogP contribution is -2.75. The van der Waals surface area contributed by atoms with Crippen molar-refractivity contribution in [3.63, 3.8) is 0 Å². The highest BCUT2D eigenvalue weighted by Gasteiger charge is 2.49. The van der Waals surface area contributed by atoms with Crippen molar-refractivity contribution in [1.29, 1.82) is 0 Å². The van der Waals surface area contributed by atoms with E-state index in [-0.39, 0.29) is 55.4 Å². The molecule has 0 aromatic carbocycles. The number of hydrogen-bond donors (Lipinski definition) is 4. The van der Waals surface area contributed by atoms with Crippen molar-refractivity contribution in [3.8, 4) is 0 Å². The first kappa shape index (κ1) is 52.2. The topological polar surface area (TPSA) is 198 Å². The zero-order valence-corrected chi connectivity index (χ0v) is 37.1. The minimum Gasteiger partial charge on any atom is -0.357 e. The molecule has 0 radical (unpaired) electrons. The lowest BCUT2D eigenvalue weighted by molar-refractivity contribution is -0.153. The molecule has 16 nitrogen and oxygen atoms in total. The van der Waals surface area contributed by atoms with Gasteiger partial charge in [0.1, 0.15) is 11.7 Å². The Bertz CT molecular complexity index is 1360. The van der Waals surface area contributed by atoms with E-state index in [0.717, 1.165) is 0 Å². The van der Waals surface area contributed by atoms with Gasteiger partial charge in [-0.2, -0.15) is 0 Å². The molecule has 6 unspecified atom stereocenters. The number of aldehydes is 3. The first-order valence-corrected chi connectivity index (χ1v) is 19.8. The first-order chi connectivity index (χ1) is 25.8. The first-order valence-electron chi connectivity index (χ1n) is 19.8. The van der Waals surface area contributed by atoms with Crippen LogP contribution in [-0.4, -0.2) is 145 Å². The maximum Gasteiger partial charge on any atom is 0.243 e. The Hall–Kier alpha value is -3.76. The minimum absolute atomic E-state index is 0.0470. The Morgan fingerprint density at radius 1 is 0.679 bits per heavy atom. The average Bonchev–Trinajstić information content (AvgIpc) is 3.12. The third-order valence-corrected chi connectivity index (χ3v) is 9.99. The summed E-state index contributed by atoms with van der Waals surface area (Å²) in [5, 5.41) is 11.9. The molecule has 0 bridgehead atoms. The normalized spacial score (nSPS) is 16.5. The largest absolute Gasteiger partial charge is 0.357 e. The number of carbonyl (C=O) groups excluding carboxylic acids is 8. The third-order valence-electron chi connectivity index (χ3n) is 9.99. The van der Waals surface area contributed by atoms with Gasteiger partial charge in [-0.05, 0) is 63.2 Å². The highest BCUT2D eigenvalue weighted by Crippen LogP contribution is 2.27. The van der Waals surface area contributed by atoms with Gasteiger partial charge in [0, 0.05) is 41.7 Å². The van der Waals surface area contributed by atoms with E-state index in [1.165, 1.54) is 61.8 Å². The molecule has 56 heavy (non-hydrogen) atoms. The van der Waals surface area contributed by atoms with Crippen LogP contribution in [0.15, 0.2) is 0 Å². The molecule has 0 spiro atoms. The summed E-state index contributed by atoms with van der Waals surface area (Å²) in [4.78, 5) is 112. The Morgan fingerprint density at radius 3 is 1.61 bits per heavy atom. The summed E-state index contributed by atoms with van der Waals surface area (Å²) in [6, 6.07) is -2.91. The van der Waals surface area contributed by atoms with E-state index < -0.39 is 58.8 Å². The van der Waals surface area contributed by atoms with E-state index in [1.54, 1.807) is 20.8 Å².